The molecule has 0 aromatic rings. The molecule has 0 aliphatic rings. The Bertz CT molecular complexity index is 62.7. The molecule has 2 N–H and O–H groups in total. The summed E-state index contributed by atoms with van der Waals surface area (Å²) in [5.74, 6) is 0. The Morgan fingerprint density at radius 1 is 1.62 bits per heavy atom. The summed E-state index contributed by atoms with van der Waals surface area (Å²) in [5, 5.41) is 16.8. The normalized spacial score (nSPS) is 13.2. The van der Waals surface area contributed by atoms with Crippen LogP contribution in [0.1, 0.15) is 12.8 Å². The lowest BCUT2D eigenvalue weighted by Crippen LogP contribution is -2.11. The topological polar surface area (TPSA) is 57.5 Å². The molecule has 0 amide bonds. The predicted octanol–water partition coefficient (Wildman–Crippen LogP) is -0.681. The van der Waals surface area contributed by atoms with Gasteiger partial charge in [0, 0.05) is 6.42 Å². The van der Waals surface area contributed by atoms with Crippen LogP contribution in [-0.2, 0) is 4.79 Å². The van der Waals surface area contributed by atoms with Gasteiger partial charge in [0.15, 0.2) is 0 Å². The highest BCUT2D eigenvalue weighted by Gasteiger charge is 1.98. The van der Waals surface area contributed by atoms with Crippen LogP contribution in [0.25, 0.3) is 0 Å². The minimum absolute atomic E-state index is 0.256. The third-order valence-electron chi connectivity index (χ3n) is 0.828. The first kappa shape index (κ1) is 7.59. The second-order valence-corrected chi connectivity index (χ2v) is 1.58. The van der Waals surface area contributed by atoms with E-state index in [4.69, 9.17) is 10.2 Å². The van der Waals surface area contributed by atoms with Gasteiger partial charge >= 0.3 is 0 Å². The van der Waals surface area contributed by atoms with E-state index in [1.165, 1.54) is 0 Å². The number of aliphatic hydroxyl groups is 2. The van der Waals surface area contributed by atoms with Gasteiger partial charge in [0.2, 0.25) is 0 Å². The van der Waals surface area contributed by atoms with Gasteiger partial charge in [0.05, 0.1) is 12.7 Å². The van der Waals surface area contributed by atoms with Gasteiger partial charge in [0.1, 0.15) is 6.29 Å². The van der Waals surface area contributed by atoms with Crippen molar-refractivity contribution in [3.05, 3.63) is 0 Å². The van der Waals surface area contributed by atoms with Crippen molar-refractivity contribution in [2.24, 2.45) is 0 Å². The van der Waals surface area contributed by atoms with Gasteiger partial charge < -0.3 is 15.0 Å². The minimum atomic E-state index is -0.722. The summed E-state index contributed by atoms with van der Waals surface area (Å²) in [7, 11) is 0. The van der Waals surface area contributed by atoms with E-state index >= 15 is 0 Å². The average molecular weight is 118 g/mol. The van der Waals surface area contributed by atoms with Crippen LogP contribution in [0, 0.1) is 0 Å². The average Bonchev–Trinajstić information content (AvgIpc) is 1.83. The molecule has 0 rings (SSSR count). The fraction of sp³-hybridized carbons (Fsp3) is 0.800. The summed E-state index contributed by atoms with van der Waals surface area (Å²) in [6.45, 7) is -0.256. The molecule has 0 radical (unpaired) electrons. The lowest BCUT2D eigenvalue weighted by molar-refractivity contribution is -0.108. The molecule has 1 unspecified atom stereocenters. The number of hydrogen-bond acceptors (Lipinski definition) is 3. The van der Waals surface area contributed by atoms with Crippen molar-refractivity contribution >= 4 is 6.29 Å². The highest BCUT2D eigenvalue weighted by Crippen LogP contribution is 1.91. The second-order valence-electron chi connectivity index (χ2n) is 1.58. The number of carbonyl (C=O) groups is 1. The van der Waals surface area contributed by atoms with Crippen molar-refractivity contribution in [1.82, 2.24) is 0 Å². The van der Waals surface area contributed by atoms with E-state index in [9.17, 15) is 4.79 Å². The molecule has 0 bridgehead atoms. The molecule has 0 aromatic heterocycles. The van der Waals surface area contributed by atoms with Crippen LogP contribution in [0.2, 0.25) is 0 Å². The van der Waals surface area contributed by atoms with Crippen molar-refractivity contribution in [3.8, 4) is 0 Å². The lowest BCUT2D eigenvalue weighted by atomic mass is 10.2. The van der Waals surface area contributed by atoms with E-state index in [0.717, 1.165) is 6.29 Å². The molecule has 0 aromatic carbocycles. The van der Waals surface area contributed by atoms with E-state index in [1.54, 1.807) is 0 Å². The molecule has 1 atom stereocenters. The van der Waals surface area contributed by atoms with Crippen LogP contribution in [0.15, 0.2) is 0 Å². The fourth-order valence-electron chi connectivity index (χ4n) is 0.352. The first-order valence-electron chi connectivity index (χ1n) is 2.53. The van der Waals surface area contributed by atoms with Gasteiger partial charge in [0.25, 0.3) is 0 Å². The van der Waals surface area contributed by atoms with Crippen molar-refractivity contribution in [2.45, 2.75) is 18.9 Å². The van der Waals surface area contributed by atoms with Gasteiger partial charge in [-0.05, 0) is 6.42 Å². The standard InChI is InChI=1S/C5H10O3/c6-3-1-2-5(8)4-7/h3,5,7-8H,1-2,4H2. The summed E-state index contributed by atoms with van der Waals surface area (Å²) in [4.78, 5) is 9.63. The van der Waals surface area contributed by atoms with Crippen LogP contribution in [0.5, 0.6) is 0 Å². The smallest absolute Gasteiger partial charge is 0.120 e. The van der Waals surface area contributed by atoms with Gasteiger partial charge in [-0.2, -0.15) is 0 Å². The Balaban J connectivity index is 2.97. The molecule has 0 aliphatic heterocycles. The van der Waals surface area contributed by atoms with Gasteiger partial charge in [-0.15, -0.1) is 0 Å². The first-order valence-corrected chi connectivity index (χ1v) is 2.53. The SMILES string of the molecule is O=CCCC(O)CO. The largest absolute Gasteiger partial charge is 0.394 e. The number of aldehydes is 1. The third kappa shape index (κ3) is 3.77. The van der Waals surface area contributed by atoms with Crippen LogP contribution >= 0.6 is 0 Å². The second kappa shape index (κ2) is 4.74. The zero-order valence-corrected chi connectivity index (χ0v) is 4.58. The minimum Gasteiger partial charge on any atom is -0.394 e. The fourth-order valence-corrected chi connectivity index (χ4v) is 0.352. The van der Waals surface area contributed by atoms with Gasteiger partial charge in [-0.1, -0.05) is 0 Å². The molecular formula is C5H10O3. The van der Waals surface area contributed by atoms with E-state index in [0.29, 0.717) is 12.8 Å². The number of rotatable bonds is 4. The Hall–Kier alpha value is -0.410. The lowest BCUT2D eigenvalue weighted by Gasteiger charge is -2.00. The zero-order chi connectivity index (χ0) is 6.41. The highest BCUT2D eigenvalue weighted by molar-refractivity contribution is 5.49. The monoisotopic (exact) mass is 118 g/mol. The Morgan fingerprint density at radius 2 is 2.25 bits per heavy atom. The van der Waals surface area contributed by atoms with Crippen molar-refractivity contribution < 1.29 is 15.0 Å². The van der Waals surface area contributed by atoms with Gasteiger partial charge in [-0.3, -0.25) is 0 Å². The zero-order valence-electron chi connectivity index (χ0n) is 4.58. The molecule has 0 fully saturated rings. The van der Waals surface area contributed by atoms with Crippen molar-refractivity contribution in [3.63, 3.8) is 0 Å². The maximum absolute atomic E-state index is 9.63. The number of aliphatic hydroxyl groups excluding tert-OH is 2. The number of hydrogen-bond donors (Lipinski definition) is 2. The van der Waals surface area contributed by atoms with Crippen LogP contribution in [0.3, 0.4) is 0 Å². The Labute approximate surface area is 47.9 Å². The molecule has 3 nitrogen and oxygen atoms in total. The predicted molar refractivity (Wildman–Crippen MR) is 28.4 cm³/mol. The van der Waals surface area contributed by atoms with Crippen molar-refractivity contribution in [2.75, 3.05) is 6.61 Å². The molecule has 8 heavy (non-hydrogen) atoms. The summed E-state index contributed by atoms with van der Waals surface area (Å²) in [5.41, 5.74) is 0. The molecule has 0 heterocycles. The highest BCUT2D eigenvalue weighted by atomic mass is 16.3. The van der Waals surface area contributed by atoms with Crippen LogP contribution in [0.4, 0.5) is 0 Å². The van der Waals surface area contributed by atoms with E-state index in [1.807, 2.05) is 0 Å². The Kier molecular flexibility index (Phi) is 4.50. The van der Waals surface area contributed by atoms with Gasteiger partial charge in [-0.25, -0.2) is 0 Å². The van der Waals surface area contributed by atoms with E-state index < -0.39 is 6.10 Å². The quantitative estimate of drug-likeness (QED) is 0.481. The molecule has 0 spiro atoms. The molecular weight excluding hydrogens is 108 g/mol. The molecule has 3 heteroatoms. The maximum Gasteiger partial charge on any atom is 0.120 e. The Morgan fingerprint density at radius 3 is 2.62 bits per heavy atom. The van der Waals surface area contributed by atoms with E-state index in [-0.39, 0.29) is 6.61 Å². The first-order chi connectivity index (χ1) is 3.81. The number of carbonyl (C=O) groups excluding carboxylic acids is 1. The summed E-state index contributed by atoms with van der Waals surface area (Å²) < 4.78 is 0. The maximum atomic E-state index is 9.63. The molecule has 48 valence electrons. The molecule has 0 saturated heterocycles. The molecule has 0 aliphatic carbocycles. The molecule has 0 saturated carbocycles. The summed E-state index contributed by atoms with van der Waals surface area (Å²) in [6, 6.07) is 0. The van der Waals surface area contributed by atoms with Crippen LogP contribution < -0.4 is 0 Å². The summed E-state index contributed by atoms with van der Waals surface area (Å²) in [6.07, 6.45) is 0.681. The third-order valence-corrected chi connectivity index (χ3v) is 0.828. The van der Waals surface area contributed by atoms with E-state index in [2.05, 4.69) is 0 Å². The van der Waals surface area contributed by atoms with Crippen molar-refractivity contribution in [1.29, 1.82) is 0 Å². The summed E-state index contributed by atoms with van der Waals surface area (Å²) >= 11 is 0. The van der Waals surface area contributed by atoms with Crippen LogP contribution in [-0.4, -0.2) is 29.2 Å².